The Balaban J connectivity index is 1.46. The number of rotatable bonds is 5. The minimum atomic E-state index is -0.0350. The second-order valence-electron chi connectivity index (χ2n) is 6.47. The van der Waals surface area contributed by atoms with E-state index in [4.69, 9.17) is 9.47 Å². The Kier molecular flexibility index (Phi) is 5.53. The number of hydrogen-bond acceptors (Lipinski definition) is 4. The minimum absolute atomic E-state index is 0.0350. The van der Waals surface area contributed by atoms with E-state index in [-0.39, 0.29) is 18.1 Å². The standard InChI is InChI=1S/C20H24N2O3/c1-14-3-12-19(21-13-14)25-18-10-6-16(7-11-18)22-20(23)15-4-8-17(24-2)9-5-15/h3-5,8-9,12-13,16,18H,6-7,10-11H2,1-2H3,(H,22,23). The van der Waals surface area contributed by atoms with Crippen LogP contribution >= 0.6 is 0 Å². The molecule has 1 aromatic carbocycles. The van der Waals surface area contributed by atoms with Crippen LogP contribution in [0.25, 0.3) is 0 Å². The molecule has 0 saturated heterocycles. The molecule has 5 heteroatoms. The summed E-state index contributed by atoms with van der Waals surface area (Å²) in [5.41, 5.74) is 1.78. The highest BCUT2D eigenvalue weighted by Crippen LogP contribution is 2.23. The van der Waals surface area contributed by atoms with E-state index in [0.717, 1.165) is 37.0 Å². The first-order valence-electron chi connectivity index (χ1n) is 8.68. The Morgan fingerprint density at radius 3 is 2.40 bits per heavy atom. The van der Waals surface area contributed by atoms with E-state index >= 15 is 0 Å². The number of amides is 1. The SMILES string of the molecule is COc1ccc(C(=O)NC2CCC(Oc3ccc(C)cn3)CC2)cc1. The molecule has 1 N–H and O–H groups in total. The van der Waals surface area contributed by atoms with Crippen LogP contribution in [-0.2, 0) is 0 Å². The van der Waals surface area contributed by atoms with Crippen molar-refractivity contribution in [3.63, 3.8) is 0 Å². The van der Waals surface area contributed by atoms with Gasteiger partial charge in [0.25, 0.3) is 5.91 Å². The van der Waals surface area contributed by atoms with Gasteiger partial charge in [0.05, 0.1) is 7.11 Å². The molecule has 0 aliphatic heterocycles. The molecular formula is C20H24N2O3. The first kappa shape index (κ1) is 17.3. The predicted molar refractivity (Wildman–Crippen MR) is 96.1 cm³/mol. The number of ether oxygens (including phenoxy) is 2. The number of aromatic nitrogens is 1. The maximum Gasteiger partial charge on any atom is 0.251 e. The number of benzene rings is 1. The molecule has 1 aromatic heterocycles. The lowest BCUT2D eigenvalue weighted by Gasteiger charge is -2.29. The summed E-state index contributed by atoms with van der Waals surface area (Å²) in [6, 6.07) is 11.3. The van der Waals surface area contributed by atoms with Gasteiger partial charge >= 0.3 is 0 Å². The molecule has 1 fully saturated rings. The van der Waals surface area contributed by atoms with Gasteiger partial charge in [-0.1, -0.05) is 6.07 Å². The number of carbonyl (C=O) groups excluding carboxylic acids is 1. The van der Waals surface area contributed by atoms with Crippen LogP contribution in [0.2, 0.25) is 0 Å². The van der Waals surface area contributed by atoms with E-state index in [2.05, 4.69) is 10.3 Å². The molecule has 132 valence electrons. The Bertz CT molecular complexity index is 690. The Hall–Kier alpha value is -2.56. The Morgan fingerprint density at radius 2 is 1.80 bits per heavy atom. The first-order valence-corrected chi connectivity index (χ1v) is 8.68. The second kappa shape index (κ2) is 8.01. The van der Waals surface area contributed by atoms with Crippen molar-refractivity contribution < 1.29 is 14.3 Å². The van der Waals surface area contributed by atoms with Crippen molar-refractivity contribution in [2.75, 3.05) is 7.11 Å². The van der Waals surface area contributed by atoms with E-state index in [9.17, 15) is 4.79 Å². The normalized spacial score (nSPS) is 19.9. The predicted octanol–water partition coefficient (Wildman–Crippen LogP) is 3.52. The van der Waals surface area contributed by atoms with Crippen LogP contribution in [0, 0.1) is 6.92 Å². The van der Waals surface area contributed by atoms with Crippen molar-refractivity contribution in [2.45, 2.75) is 44.8 Å². The Labute approximate surface area is 148 Å². The van der Waals surface area contributed by atoms with Crippen molar-refractivity contribution in [1.82, 2.24) is 10.3 Å². The molecule has 1 aliphatic carbocycles. The molecule has 25 heavy (non-hydrogen) atoms. The molecule has 0 spiro atoms. The molecule has 5 nitrogen and oxygen atoms in total. The summed E-state index contributed by atoms with van der Waals surface area (Å²) in [6.45, 7) is 2.01. The molecule has 1 heterocycles. The third-order valence-corrected chi connectivity index (χ3v) is 4.53. The lowest BCUT2D eigenvalue weighted by molar-refractivity contribution is 0.0890. The number of carbonyl (C=O) groups is 1. The summed E-state index contributed by atoms with van der Waals surface area (Å²) in [5.74, 6) is 1.39. The molecule has 0 atom stereocenters. The maximum absolute atomic E-state index is 12.3. The maximum atomic E-state index is 12.3. The smallest absolute Gasteiger partial charge is 0.251 e. The van der Waals surface area contributed by atoms with Crippen LogP contribution in [0.5, 0.6) is 11.6 Å². The minimum Gasteiger partial charge on any atom is -0.497 e. The molecule has 0 bridgehead atoms. The lowest BCUT2D eigenvalue weighted by atomic mass is 9.92. The molecular weight excluding hydrogens is 316 g/mol. The highest BCUT2D eigenvalue weighted by atomic mass is 16.5. The van der Waals surface area contributed by atoms with Crippen molar-refractivity contribution >= 4 is 5.91 Å². The lowest BCUT2D eigenvalue weighted by Crippen LogP contribution is -2.39. The summed E-state index contributed by atoms with van der Waals surface area (Å²) < 4.78 is 11.1. The van der Waals surface area contributed by atoms with Crippen molar-refractivity contribution in [1.29, 1.82) is 0 Å². The number of methoxy groups -OCH3 is 1. The van der Waals surface area contributed by atoms with Crippen LogP contribution in [0.1, 0.15) is 41.6 Å². The third kappa shape index (κ3) is 4.72. The number of nitrogens with one attached hydrogen (secondary N) is 1. The van der Waals surface area contributed by atoms with Gasteiger partial charge in [-0.3, -0.25) is 4.79 Å². The van der Waals surface area contributed by atoms with Crippen molar-refractivity contribution in [2.24, 2.45) is 0 Å². The summed E-state index contributed by atoms with van der Waals surface area (Å²) in [6.07, 6.45) is 5.66. The molecule has 2 aromatic rings. The summed E-state index contributed by atoms with van der Waals surface area (Å²) in [7, 11) is 1.61. The molecule has 1 amide bonds. The average molecular weight is 340 g/mol. The third-order valence-electron chi connectivity index (χ3n) is 4.53. The first-order chi connectivity index (χ1) is 12.1. The van der Waals surface area contributed by atoms with Gasteiger partial charge in [0.2, 0.25) is 5.88 Å². The van der Waals surface area contributed by atoms with Gasteiger partial charge in [-0.2, -0.15) is 0 Å². The fraction of sp³-hybridized carbons (Fsp3) is 0.400. The van der Waals surface area contributed by atoms with Gasteiger partial charge in [0, 0.05) is 23.9 Å². The highest BCUT2D eigenvalue weighted by Gasteiger charge is 2.24. The van der Waals surface area contributed by atoms with Crippen LogP contribution in [0.15, 0.2) is 42.6 Å². The zero-order valence-electron chi connectivity index (χ0n) is 14.7. The van der Waals surface area contributed by atoms with Crippen LogP contribution in [-0.4, -0.2) is 30.1 Å². The van der Waals surface area contributed by atoms with E-state index in [1.165, 1.54) is 0 Å². The zero-order valence-corrected chi connectivity index (χ0v) is 14.7. The van der Waals surface area contributed by atoms with E-state index < -0.39 is 0 Å². The van der Waals surface area contributed by atoms with Gasteiger partial charge in [-0.15, -0.1) is 0 Å². The number of hydrogen-bond donors (Lipinski definition) is 1. The molecule has 1 saturated carbocycles. The monoisotopic (exact) mass is 340 g/mol. The van der Waals surface area contributed by atoms with Crippen LogP contribution in [0.3, 0.4) is 0 Å². The largest absolute Gasteiger partial charge is 0.497 e. The van der Waals surface area contributed by atoms with Crippen molar-refractivity contribution in [3.05, 3.63) is 53.7 Å². The highest BCUT2D eigenvalue weighted by molar-refractivity contribution is 5.94. The number of pyridine rings is 1. The van der Waals surface area contributed by atoms with Gasteiger partial charge < -0.3 is 14.8 Å². The molecule has 3 rings (SSSR count). The van der Waals surface area contributed by atoms with E-state index in [0.29, 0.717) is 11.4 Å². The van der Waals surface area contributed by atoms with Crippen LogP contribution < -0.4 is 14.8 Å². The fourth-order valence-electron chi connectivity index (χ4n) is 3.03. The van der Waals surface area contributed by atoms with Gasteiger partial charge in [0.15, 0.2) is 0 Å². The number of aryl methyl sites for hydroxylation is 1. The van der Waals surface area contributed by atoms with Crippen molar-refractivity contribution in [3.8, 4) is 11.6 Å². The quantitative estimate of drug-likeness (QED) is 0.905. The van der Waals surface area contributed by atoms with E-state index in [1.807, 2.05) is 25.3 Å². The van der Waals surface area contributed by atoms with Gasteiger partial charge in [-0.25, -0.2) is 4.98 Å². The van der Waals surface area contributed by atoms with E-state index in [1.54, 1.807) is 31.4 Å². The fourth-order valence-corrected chi connectivity index (χ4v) is 3.03. The number of nitrogens with zero attached hydrogens (tertiary/aromatic N) is 1. The van der Waals surface area contributed by atoms with Gasteiger partial charge in [-0.05, 0) is 62.4 Å². The molecule has 0 radical (unpaired) electrons. The second-order valence-corrected chi connectivity index (χ2v) is 6.47. The molecule has 1 aliphatic rings. The summed E-state index contributed by atoms with van der Waals surface area (Å²) in [5, 5.41) is 3.11. The molecule has 0 unspecified atom stereocenters. The summed E-state index contributed by atoms with van der Waals surface area (Å²) >= 11 is 0. The summed E-state index contributed by atoms with van der Waals surface area (Å²) in [4.78, 5) is 16.6. The van der Waals surface area contributed by atoms with Crippen LogP contribution in [0.4, 0.5) is 0 Å². The Morgan fingerprint density at radius 1 is 1.08 bits per heavy atom. The van der Waals surface area contributed by atoms with Gasteiger partial charge in [0.1, 0.15) is 11.9 Å². The topological polar surface area (TPSA) is 60.5 Å². The average Bonchev–Trinajstić information content (AvgIpc) is 2.65. The zero-order chi connectivity index (χ0) is 17.6.